The summed E-state index contributed by atoms with van der Waals surface area (Å²) in [7, 11) is 1.47. The van der Waals surface area contributed by atoms with E-state index in [4.69, 9.17) is 19.9 Å². The number of methoxy groups -OCH3 is 1. The van der Waals surface area contributed by atoms with Crippen LogP contribution < -0.4 is 21.1 Å². The zero-order valence-corrected chi connectivity index (χ0v) is 18.4. The second-order valence-electron chi connectivity index (χ2n) is 7.63. The van der Waals surface area contributed by atoms with Crippen LogP contribution in [0.5, 0.6) is 5.75 Å². The molecule has 3 aromatic rings. The molecule has 0 atom stereocenters. The highest BCUT2D eigenvalue weighted by atomic mass is 16.5. The van der Waals surface area contributed by atoms with Gasteiger partial charge in [0.05, 0.1) is 24.6 Å². The molecule has 0 radical (unpaired) electrons. The summed E-state index contributed by atoms with van der Waals surface area (Å²) in [4.78, 5) is 20.6. The van der Waals surface area contributed by atoms with Crippen LogP contribution in [-0.4, -0.2) is 48.9 Å². The number of nitrogens with two attached hydrogens (primary N) is 1. The number of amides is 1. The average Bonchev–Trinajstić information content (AvgIpc) is 2.82. The van der Waals surface area contributed by atoms with Crippen LogP contribution in [0.25, 0.3) is 11.3 Å². The van der Waals surface area contributed by atoms with Crippen LogP contribution in [0.2, 0.25) is 0 Å². The summed E-state index contributed by atoms with van der Waals surface area (Å²) in [5, 5.41) is 5.94. The number of carbonyl (C=O) groups excluding carboxylic acids is 1. The van der Waals surface area contributed by atoms with E-state index in [1.54, 1.807) is 18.3 Å². The number of rotatable bonds is 8. The quantitative estimate of drug-likeness (QED) is 0.446. The van der Waals surface area contributed by atoms with Crippen molar-refractivity contribution in [1.29, 1.82) is 0 Å². The van der Waals surface area contributed by atoms with Crippen LogP contribution in [0.3, 0.4) is 0 Å². The van der Waals surface area contributed by atoms with Crippen molar-refractivity contribution in [2.45, 2.75) is 18.9 Å². The molecule has 0 saturated carbocycles. The van der Waals surface area contributed by atoms with Gasteiger partial charge in [0.25, 0.3) is 0 Å². The summed E-state index contributed by atoms with van der Waals surface area (Å²) in [5.41, 5.74) is 9.78. The third-order valence-electron chi connectivity index (χ3n) is 5.10. The number of benzene rings is 2. The predicted octanol–water partition coefficient (Wildman–Crippen LogP) is 3.61. The van der Waals surface area contributed by atoms with E-state index in [2.05, 4.69) is 20.6 Å². The Morgan fingerprint density at radius 3 is 2.76 bits per heavy atom. The van der Waals surface area contributed by atoms with Gasteiger partial charge < -0.3 is 30.6 Å². The summed E-state index contributed by atoms with van der Waals surface area (Å²) in [6, 6.07) is 14.8. The van der Waals surface area contributed by atoms with E-state index in [0.29, 0.717) is 36.3 Å². The highest BCUT2D eigenvalue weighted by Crippen LogP contribution is 2.30. The Kier molecular flexibility index (Phi) is 7.33. The van der Waals surface area contributed by atoms with Gasteiger partial charge in [0, 0.05) is 43.1 Å². The first-order valence-corrected chi connectivity index (χ1v) is 10.7. The Balaban J connectivity index is 1.46. The molecule has 1 aliphatic rings. The number of ether oxygens (including phenoxy) is 3. The molecule has 33 heavy (non-hydrogen) atoms. The summed E-state index contributed by atoms with van der Waals surface area (Å²) >= 11 is 0. The minimum atomic E-state index is -0.227. The molecule has 1 aliphatic heterocycles. The highest BCUT2D eigenvalue weighted by molar-refractivity contribution is 5.92. The minimum Gasteiger partial charge on any atom is -0.488 e. The summed E-state index contributed by atoms with van der Waals surface area (Å²) in [6.07, 6.45) is 3.52. The van der Waals surface area contributed by atoms with Crippen molar-refractivity contribution in [1.82, 2.24) is 9.97 Å². The van der Waals surface area contributed by atoms with Crippen molar-refractivity contribution < 1.29 is 19.0 Å². The molecule has 0 spiro atoms. The fourth-order valence-corrected chi connectivity index (χ4v) is 3.50. The molecule has 2 aromatic carbocycles. The number of nitrogens with one attached hydrogen (secondary N) is 2. The Morgan fingerprint density at radius 2 is 1.97 bits per heavy atom. The van der Waals surface area contributed by atoms with Crippen molar-refractivity contribution in [3.05, 3.63) is 54.7 Å². The SMILES string of the molecule is COCC(=O)Nc1cccc(Nc2nccc(-c3ccc(OC4CCOCC4)c(N)c3)n2)c1. The van der Waals surface area contributed by atoms with Crippen LogP contribution in [0, 0.1) is 0 Å². The fraction of sp³-hybridized carbons (Fsp3) is 0.292. The number of hydrogen-bond donors (Lipinski definition) is 3. The molecule has 9 heteroatoms. The molecule has 4 N–H and O–H groups in total. The van der Waals surface area contributed by atoms with Gasteiger partial charge in [-0.05, 0) is 42.5 Å². The molecular weight excluding hydrogens is 422 g/mol. The molecule has 0 unspecified atom stereocenters. The van der Waals surface area contributed by atoms with Gasteiger partial charge in [0.1, 0.15) is 18.5 Å². The summed E-state index contributed by atoms with van der Waals surface area (Å²) in [6.45, 7) is 1.41. The number of hydrogen-bond acceptors (Lipinski definition) is 8. The third kappa shape index (κ3) is 6.18. The standard InChI is InChI=1S/C24H27N5O4/c1-31-15-23(30)27-17-3-2-4-18(14-17)28-24-26-10-7-21(29-24)16-5-6-22(20(25)13-16)33-19-8-11-32-12-9-19/h2-7,10,13-14,19H,8-9,11-12,15,25H2,1H3,(H,27,30)(H,26,28,29). The van der Waals surface area contributed by atoms with E-state index in [1.807, 2.05) is 36.4 Å². The van der Waals surface area contributed by atoms with Crippen LogP contribution in [-0.2, 0) is 14.3 Å². The lowest BCUT2D eigenvalue weighted by atomic mass is 10.1. The Bertz CT molecular complexity index is 1100. The minimum absolute atomic E-state index is 0.00908. The second kappa shape index (κ2) is 10.8. The van der Waals surface area contributed by atoms with Gasteiger partial charge in [-0.25, -0.2) is 9.97 Å². The molecule has 1 amide bonds. The van der Waals surface area contributed by atoms with E-state index in [9.17, 15) is 4.79 Å². The Labute approximate surface area is 192 Å². The maximum absolute atomic E-state index is 11.7. The molecular formula is C24H27N5O4. The number of aromatic nitrogens is 2. The van der Waals surface area contributed by atoms with E-state index >= 15 is 0 Å². The van der Waals surface area contributed by atoms with Gasteiger partial charge in [0.2, 0.25) is 11.9 Å². The Hall–Kier alpha value is -3.69. The van der Waals surface area contributed by atoms with E-state index in [0.717, 1.165) is 29.8 Å². The molecule has 1 fully saturated rings. The zero-order chi connectivity index (χ0) is 23.0. The van der Waals surface area contributed by atoms with E-state index in [1.165, 1.54) is 7.11 Å². The van der Waals surface area contributed by atoms with Crippen LogP contribution in [0.15, 0.2) is 54.7 Å². The van der Waals surface area contributed by atoms with Crippen molar-refractivity contribution >= 4 is 28.9 Å². The van der Waals surface area contributed by atoms with Gasteiger partial charge >= 0.3 is 0 Å². The van der Waals surface area contributed by atoms with Gasteiger partial charge in [0.15, 0.2) is 0 Å². The van der Waals surface area contributed by atoms with E-state index < -0.39 is 0 Å². The smallest absolute Gasteiger partial charge is 0.250 e. The van der Waals surface area contributed by atoms with Crippen LogP contribution in [0.4, 0.5) is 23.0 Å². The number of nitrogen functional groups attached to an aromatic ring is 1. The number of carbonyl (C=O) groups is 1. The molecule has 0 aliphatic carbocycles. The first-order valence-electron chi connectivity index (χ1n) is 10.7. The fourth-order valence-electron chi connectivity index (χ4n) is 3.50. The molecule has 1 saturated heterocycles. The molecule has 1 aromatic heterocycles. The van der Waals surface area contributed by atoms with Gasteiger partial charge in [-0.3, -0.25) is 4.79 Å². The van der Waals surface area contributed by atoms with Gasteiger partial charge in [-0.2, -0.15) is 0 Å². The van der Waals surface area contributed by atoms with Crippen LogP contribution in [0.1, 0.15) is 12.8 Å². The van der Waals surface area contributed by atoms with Gasteiger partial charge in [-0.15, -0.1) is 0 Å². The third-order valence-corrected chi connectivity index (χ3v) is 5.10. The molecule has 172 valence electrons. The maximum atomic E-state index is 11.7. The lowest BCUT2D eigenvalue weighted by Crippen LogP contribution is -2.26. The lowest BCUT2D eigenvalue weighted by Gasteiger charge is -2.24. The van der Waals surface area contributed by atoms with Gasteiger partial charge in [-0.1, -0.05) is 6.07 Å². The van der Waals surface area contributed by atoms with E-state index in [-0.39, 0.29) is 18.6 Å². The van der Waals surface area contributed by atoms with Crippen LogP contribution >= 0.6 is 0 Å². The maximum Gasteiger partial charge on any atom is 0.250 e. The first-order chi connectivity index (χ1) is 16.1. The molecule has 0 bridgehead atoms. The monoisotopic (exact) mass is 449 g/mol. The van der Waals surface area contributed by atoms with Crippen molar-refractivity contribution in [3.8, 4) is 17.0 Å². The highest BCUT2D eigenvalue weighted by Gasteiger charge is 2.17. The normalized spacial score (nSPS) is 14.0. The van der Waals surface area contributed by atoms with Crippen molar-refractivity contribution in [2.75, 3.05) is 43.3 Å². The topological polar surface area (TPSA) is 121 Å². The van der Waals surface area contributed by atoms with Crippen molar-refractivity contribution in [2.24, 2.45) is 0 Å². The largest absolute Gasteiger partial charge is 0.488 e. The second-order valence-corrected chi connectivity index (χ2v) is 7.63. The number of anilines is 4. The lowest BCUT2D eigenvalue weighted by molar-refractivity contribution is -0.119. The summed E-state index contributed by atoms with van der Waals surface area (Å²) < 4.78 is 16.3. The average molecular weight is 450 g/mol. The number of nitrogens with zero attached hydrogens (tertiary/aromatic N) is 2. The molecule has 2 heterocycles. The predicted molar refractivity (Wildman–Crippen MR) is 127 cm³/mol. The van der Waals surface area contributed by atoms with Crippen molar-refractivity contribution in [3.63, 3.8) is 0 Å². The zero-order valence-electron chi connectivity index (χ0n) is 18.4. The Morgan fingerprint density at radius 1 is 1.15 bits per heavy atom. The molecule has 9 nitrogen and oxygen atoms in total. The molecule has 4 rings (SSSR count). The first kappa shape index (κ1) is 22.5. The summed E-state index contributed by atoms with van der Waals surface area (Å²) in [5.74, 6) is 0.870.